The van der Waals surface area contributed by atoms with Crippen molar-refractivity contribution in [2.45, 2.75) is 12.0 Å². The molecular formula is C2H6B2O4S. The fourth-order valence-corrected chi connectivity index (χ4v) is 1.65. The van der Waals surface area contributed by atoms with Crippen LogP contribution in [0.2, 0.25) is 0 Å². The lowest BCUT2D eigenvalue weighted by molar-refractivity contribution is 0.291. The highest BCUT2D eigenvalue weighted by atomic mass is 32.3. The Balaban J connectivity index is 2.77. The van der Waals surface area contributed by atoms with E-state index in [9.17, 15) is 8.42 Å². The number of hydrogen-bond acceptors (Lipinski definition) is 4. The van der Waals surface area contributed by atoms with Crippen LogP contribution in [0.3, 0.4) is 0 Å². The summed E-state index contributed by atoms with van der Waals surface area (Å²) in [5.41, 5.74) is 0. The molecule has 1 saturated heterocycles. The second kappa shape index (κ2) is 2.00. The lowest BCUT2D eigenvalue weighted by Crippen LogP contribution is -2.21. The lowest BCUT2D eigenvalue weighted by atomic mass is 9.83. The van der Waals surface area contributed by atoms with Gasteiger partial charge in [0.15, 0.2) is 0 Å². The summed E-state index contributed by atoms with van der Waals surface area (Å²) >= 11 is 0. The van der Waals surface area contributed by atoms with Gasteiger partial charge in [-0.1, -0.05) is 0 Å². The molecule has 4 nitrogen and oxygen atoms in total. The number of rotatable bonds is 0. The highest BCUT2D eigenvalue weighted by Crippen LogP contribution is 2.14. The smallest absolute Gasteiger partial charge is 0.252 e. The van der Waals surface area contributed by atoms with Gasteiger partial charge in [-0.15, -0.1) is 0 Å². The third-order valence-electron chi connectivity index (χ3n) is 1.20. The van der Waals surface area contributed by atoms with Gasteiger partial charge in [-0.25, -0.2) is 0 Å². The summed E-state index contributed by atoms with van der Waals surface area (Å²) in [6.07, 6.45) is 0. The van der Waals surface area contributed by atoms with E-state index in [2.05, 4.69) is 8.37 Å². The molecule has 7 heteroatoms. The van der Waals surface area contributed by atoms with Crippen molar-refractivity contribution in [3.05, 3.63) is 0 Å². The zero-order valence-electron chi connectivity index (χ0n) is 5.20. The van der Waals surface area contributed by atoms with E-state index in [-0.39, 0.29) is 12.0 Å². The fraction of sp³-hybridized carbons (Fsp3) is 1.00. The molecule has 2 unspecified atom stereocenters. The fourth-order valence-electron chi connectivity index (χ4n) is 0.551. The molecule has 1 fully saturated rings. The summed E-state index contributed by atoms with van der Waals surface area (Å²) in [7, 11) is -0.349. The van der Waals surface area contributed by atoms with Crippen molar-refractivity contribution in [1.82, 2.24) is 0 Å². The molecule has 1 heterocycles. The van der Waals surface area contributed by atoms with Gasteiger partial charge in [0.25, 0.3) is 0 Å². The Morgan fingerprint density at radius 2 is 1.44 bits per heavy atom. The molecule has 0 radical (unpaired) electrons. The zero-order valence-corrected chi connectivity index (χ0v) is 6.01. The van der Waals surface area contributed by atoms with E-state index in [0.717, 1.165) is 0 Å². The molecule has 0 aromatic carbocycles. The normalized spacial score (nSPS) is 40.9. The summed E-state index contributed by atoms with van der Waals surface area (Å²) in [5.74, 6) is 0. The first kappa shape index (κ1) is 7.11. The van der Waals surface area contributed by atoms with E-state index in [4.69, 9.17) is 0 Å². The van der Waals surface area contributed by atoms with Crippen molar-refractivity contribution in [3.8, 4) is 0 Å². The van der Waals surface area contributed by atoms with Gasteiger partial charge < -0.3 is 0 Å². The lowest BCUT2D eigenvalue weighted by Gasteiger charge is -1.98. The first-order valence-electron chi connectivity index (χ1n) is 2.63. The van der Waals surface area contributed by atoms with Gasteiger partial charge in [-0.05, 0) is 0 Å². The molecule has 0 amide bonds. The molecular weight excluding hydrogens is 142 g/mol. The predicted molar refractivity (Wildman–Crippen MR) is 35.8 cm³/mol. The molecule has 0 saturated carbocycles. The molecule has 0 spiro atoms. The average Bonchev–Trinajstić information content (AvgIpc) is 1.79. The van der Waals surface area contributed by atoms with Crippen LogP contribution in [-0.4, -0.2) is 36.1 Å². The van der Waals surface area contributed by atoms with Crippen molar-refractivity contribution >= 4 is 26.1 Å². The minimum atomic E-state index is -3.64. The maximum absolute atomic E-state index is 10.4. The summed E-state index contributed by atoms with van der Waals surface area (Å²) in [6, 6.07) is -0.704. The molecule has 0 aromatic rings. The Kier molecular flexibility index (Phi) is 1.58. The Hall–Kier alpha value is -0.000130. The Morgan fingerprint density at radius 3 is 1.56 bits per heavy atom. The molecule has 0 aliphatic carbocycles. The third-order valence-corrected chi connectivity index (χ3v) is 2.28. The van der Waals surface area contributed by atoms with E-state index in [1.54, 1.807) is 15.7 Å². The van der Waals surface area contributed by atoms with Crippen molar-refractivity contribution in [2.24, 2.45) is 0 Å². The van der Waals surface area contributed by atoms with Crippen molar-refractivity contribution in [3.63, 3.8) is 0 Å². The van der Waals surface area contributed by atoms with Crippen LogP contribution in [0.5, 0.6) is 0 Å². The van der Waals surface area contributed by atoms with Crippen LogP contribution in [0.4, 0.5) is 0 Å². The summed E-state index contributed by atoms with van der Waals surface area (Å²) in [5, 5.41) is 0. The third kappa shape index (κ3) is 1.47. The monoisotopic (exact) mass is 148 g/mol. The van der Waals surface area contributed by atoms with Gasteiger partial charge in [-0.3, -0.25) is 8.37 Å². The molecule has 2 atom stereocenters. The molecule has 0 bridgehead atoms. The summed E-state index contributed by atoms with van der Waals surface area (Å²) in [6.45, 7) is 0. The first-order valence-corrected chi connectivity index (χ1v) is 3.96. The zero-order chi connectivity index (χ0) is 7.07. The maximum Gasteiger partial charge on any atom is 0.399 e. The molecule has 1 aliphatic heterocycles. The van der Waals surface area contributed by atoms with Gasteiger partial charge in [0.1, 0.15) is 15.7 Å². The minimum absolute atomic E-state index is 0.352. The predicted octanol–water partition coefficient (Wildman–Crippen LogP) is -2.80. The van der Waals surface area contributed by atoms with Gasteiger partial charge in [0, 0.05) is 0 Å². The molecule has 0 aromatic heterocycles. The molecule has 9 heavy (non-hydrogen) atoms. The first-order chi connectivity index (χ1) is 4.01. The molecule has 0 N–H and O–H groups in total. The van der Waals surface area contributed by atoms with Crippen LogP contribution < -0.4 is 0 Å². The van der Waals surface area contributed by atoms with Crippen LogP contribution >= 0.6 is 0 Å². The van der Waals surface area contributed by atoms with E-state index >= 15 is 0 Å². The van der Waals surface area contributed by atoms with Gasteiger partial charge >= 0.3 is 10.4 Å². The molecule has 1 aliphatic rings. The van der Waals surface area contributed by atoms with Crippen LogP contribution in [-0.2, 0) is 18.8 Å². The largest absolute Gasteiger partial charge is 0.399 e. The maximum atomic E-state index is 10.4. The van der Waals surface area contributed by atoms with Gasteiger partial charge in [0.05, 0.1) is 12.0 Å². The Labute approximate surface area is 55.7 Å². The van der Waals surface area contributed by atoms with Gasteiger partial charge in [-0.2, -0.15) is 8.42 Å². The molecule has 50 valence electrons. The van der Waals surface area contributed by atoms with E-state index in [1.807, 2.05) is 0 Å². The van der Waals surface area contributed by atoms with E-state index < -0.39 is 10.4 Å². The second-order valence-corrected chi connectivity index (χ2v) is 3.21. The average molecular weight is 148 g/mol. The van der Waals surface area contributed by atoms with Crippen LogP contribution in [0, 0.1) is 0 Å². The quantitative estimate of drug-likeness (QED) is 0.348. The number of hydrogen-bond donors (Lipinski definition) is 0. The van der Waals surface area contributed by atoms with E-state index in [1.165, 1.54) is 0 Å². The minimum Gasteiger partial charge on any atom is -0.252 e. The van der Waals surface area contributed by atoms with Crippen LogP contribution in [0.15, 0.2) is 0 Å². The van der Waals surface area contributed by atoms with Crippen molar-refractivity contribution in [2.75, 3.05) is 0 Å². The highest BCUT2D eigenvalue weighted by Gasteiger charge is 2.32. The standard InChI is InChI=1S/C2H6B2O4S/c3-1-2(4)8-9(5,6)7-1/h1-2H,3-4H2. The Bertz CT molecular complexity index is 183. The van der Waals surface area contributed by atoms with Crippen molar-refractivity contribution in [1.29, 1.82) is 0 Å². The Morgan fingerprint density at radius 1 is 1.11 bits per heavy atom. The SMILES string of the molecule is BC1OS(=O)(=O)OC1B. The molecule has 1 rings (SSSR count). The van der Waals surface area contributed by atoms with Crippen LogP contribution in [0.1, 0.15) is 0 Å². The van der Waals surface area contributed by atoms with Crippen LogP contribution in [0.25, 0.3) is 0 Å². The summed E-state index contributed by atoms with van der Waals surface area (Å²) in [4.78, 5) is 0. The van der Waals surface area contributed by atoms with Gasteiger partial charge in [0.2, 0.25) is 0 Å². The highest BCUT2D eigenvalue weighted by molar-refractivity contribution is 7.82. The van der Waals surface area contributed by atoms with E-state index in [0.29, 0.717) is 0 Å². The van der Waals surface area contributed by atoms with Crippen molar-refractivity contribution < 1.29 is 16.8 Å². The summed E-state index contributed by atoms with van der Waals surface area (Å²) < 4.78 is 29.6. The topological polar surface area (TPSA) is 52.6 Å². The second-order valence-electron chi connectivity index (χ2n) is 2.01.